The summed E-state index contributed by atoms with van der Waals surface area (Å²) in [4.78, 5) is 69.4. The molecular formula is C54H65ClF2N10O7. The number of piperidine rings is 2. The van der Waals surface area contributed by atoms with E-state index in [0.29, 0.717) is 59.5 Å². The second-order valence-corrected chi connectivity index (χ2v) is 19.5. The highest BCUT2D eigenvalue weighted by Gasteiger charge is 2.45. The molecule has 2 spiro atoms. The van der Waals surface area contributed by atoms with E-state index in [2.05, 4.69) is 32.1 Å². The number of nitrogens with zero attached hydrogens (tertiary/aromatic N) is 9. The van der Waals surface area contributed by atoms with Crippen molar-refractivity contribution in [2.24, 2.45) is 24.9 Å². The van der Waals surface area contributed by atoms with Gasteiger partial charge in [-0.2, -0.15) is 10.2 Å². The maximum atomic E-state index is 15.0. The summed E-state index contributed by atoms with van der Waals surface area (Å²) in [7, 11) is 6.22. The van der Waals surface area contributed by atoms with Crippen LogP contribution in [0.4, 0.5) is 29.7 Å². The molecule has 6 aromatic rings. The van der Waals surface area contributed by atoms with Gasteiger partial charge in [-0.25, -0.2) is 28.0 Å². The number of benzene rings is 4. The Morgan fingerprint density at radius 3 is 1.42 bits per heavy atom. The van der Waals surface area contributed by atoms with E-state index in [9.17, 15) is 23.6 Å². The number of likely N-dealkylation sites (tertiary alicyclic amines) is 3. The number of nitrogens with one attached hydrogen (secondary N) is 1. The minimum absolute atomic E-state index is 0. The van der Waals surface area contributed by atoms with Gasteiger partial charge in [0, 0.05) is 99.7 Å². The zero-order chi connectivity index (χ0) is 52.0. The molecule has 0 radical (unpaired) electrons. The van der Waals surface area contributed by atoms with Crippen LogP contribution < -0.4 is 15.1 Å². The lowest BCUT2D eigenvalue weighted by atomic mass is 9.72. The summed E-state index contributed by atoms with van der Waals surface area (Å²) >= 11 is 0. The van der Waals surface area contributed by atoms with E-state index in [1.54, 1.807) is 37.6 Å². The van der Waals surface area contributed by atoms with E-state index in [0.717, 1.165) is 98.6 Å². The van der Waals surface area contributed by atoms with Gasteiger partial charge >= 0.3 is 24.0 Å². The zero-order valence-corrected chi connectivity index (χ0v) is 43.6. The van der Waals surface area contributed by atoms with Crippen LogP contribution in [-0.2, 0) is 41.5 Å². The zero-order valence-electron chi connectivity index (χ0n) is 42.8. The van der Waals surface area contributed by atoms with Gasteiger partial charge in [0.15, 0.2) is 0 Å². The second kappa shape index (κ2) is 23.5. The first kappa shape index (κ1) is 54.8. The predicted molar refractivity (Wildman–Crippen MR) is 281 cm³/mol. The molecule has 2 aromatic heterocycles. The van der Waals surface area contributed by atoms with Crippen LogP contribution in [0.5, 0.6) is 0 Å². The van der Waals surface area contributed by atoms with E-state index in [-0.39, 0.29) is 48.7 Å². The van der Waals surface area contributed by atoms with Crippen molar-refractivity contribution in [3.63, 3.8) is 0 Å². The molecule has 4 aliphatic rings. The van der Waals surface area contributed by atoms with Crippen LogP contribution in [0.2, 0.25) is 0 Å². The molecule has 74 heavy (non-hydrogen) atoms. The third-order valence-electron chi connectivity index (χ3n) is 14.9. The number of rotatable bonds is 9. The van der Waals surface area contributed by atoms with Crippen LogP contribution >= 0.6 is 12.4 Å². The summed E-state index contributed by atoms with van der Waals surface area (Å²) in [6.07, 6.45) is 8.18. The number of hydrogen-bond acceptors (Lipinski definition) is 11. The first-order chi connectivity index (χ1) is 35.1. The highest BCUT2D eigenvalue weighted by molar-refractivity contribution is 5.96. The Balaban J connectivity index is 0.000000203. The molecule has 0 bridgehead atoms. The van der Waals surface area contributed by atoms with Crippen molar-refractivity contribution in [1.82, 2.24) is 39.6 Å². The molecule has 0 aliphatic carbocycles. The first-order valence-corrected chi connectivity index (χ1v) is 24.7. The highest BCUT2D eigenvalue weighted by atomic mass is 35.5. The lowest BCUT2D eigenvalue weighted by Crippen LogP contribution is -2.61. The van der Waals surface area contributed by atoms with Gasteiger partial charge in [-0.05, 0) is 111 Å². The molecule has 1 N–H and O–H groups in total. The standard InChI is InChI=1S/C27H32FN5O3.C25H28FN5O3.C2H4O.ClH/c1-4-31-17-27(18-31)9-11-32(12-10-27)26(35)33(22-8-7-20-15-29-30(2)24(20)14-22)16-21-6-5-19(13-23(21)28)25(34)36-3;1-29-22-12-20(6-5-18(22)13-28-29)31(14-19-4-3-17(11-21(19)26)23(32)34-2)24(33)30-9-7-25(8-10-30)15-27-16-25;1-2-3;/h5-8,13-15H,4,9-12,16-18H2,1-3H3;3-6,11-13,27H,7-10,14-16H2,1-2H3;2H,1H3;1H. The number of hydrogen-bond donors (Lipinski definition) is 1. The number of aromatic nitrogens is 4. The molecule has 4 fully saturated rings. The molecule has 0 atom stereocenters. The number of anilines is 2. The number of amides is 4. The number of fused-ring (bicyclic) bond motifs is 2. The number of esters is 2. The fraction of sp³-hybridized carbons (Fsp3) is 0.426. The molecule has 4 saturated heterocycles. The summed E-state index contributed by atoms with van der Waals surface area (Å²) in [6.45, 7) is 11.7. The maximum Gasteiger partial charge on any atom is 0.337 e. The number of carbonyl (C=O) groups excluding carboxylic acids is 5. The number of aldehydes is 1. The van der Waals surface area contributed by atoms with Gasteiger partial charge in [0.25, 0.3) is 0 Å². The van der Waals surface area contributed by atoms with Crippen LogP contribution in [-0.4, -0.2) is 138 Å². The van der Waals surface area contributed by atoms with E-state index in [1.807, 2.05) is 60.3 Å². The Kier molecular flexibility index (Phi) is 17.4. The normalized spacial score (nSPS) is 16.4. The molecule has 4 amide bonds. The van der Waals surface area contributed by atoms with Crippen molar-refractivity contribution in [3.05, 3.63) is 119 Å². The molecule has 0 unspecified atom stereocenters. The van der Waals surface area contributed by atoms with E-state index in [1.165, 1.54) is 39.3 Å². The van der Waals surface area contributed by atoms with Gasteiger partial charge in [-0.15, -0.1) is 12.4 Å². The largest absolute Gasteiger partial charge is 0.465 e. The Hall–Kier alpha value is -6.96. The minimum atomic E-state index is -0.604. The Labute approximate surface area is 435 Å². The number of carbonyl (C=O) groups is 5. The van der Waals surface area contributed by atoms with Crippen LogP contribution in [0.3, 0.4) is 0 Å². The summed E-state index contributed by atoms with van der Waals surface area (Å²) in [5.41, 5.74) is 4.66. The number of urea groups is 2. The van der Waals surface area contributed by atoms with Gasteiger partial charge in [0.2, 0.25) is 0 Å². The summed E-state index contributed by atoms with van der Waals surface area (Å²) in [5, 5.41) is 13.9. The Bertz CT molecular complexity index is 2990. The molecule has 20 heteroatoms. The molecule has 6 heterocycles. The topological polar surface area (TPSA) is 168 Å². The van der Waals surface area contributed by atoms with Crippen molar-refractivity contribution < 1.29 is 42.2 Å². The second-order valence-electron chi connectivity index (χ2n) is 19.5. The average Bonchev–Trinajstić information content (AvgIpc) is 3.96. The van der Waals surface area contributed by atoms with Crippen LogP contribution in [0.15, 0.2) is 85.2 Å². The quantitative estimate of drug-likeness (QED) is 0.110. The van der Waals surface area contributed by atoms with Crippen LogP contribution in [0.25, 0.3) is 21.8 Å². The summed E-state index contributed by atoms with van der Waals surface area (Å²) < 4.78 is 42.9. The van der Waals surface area contributed by atoms with Crippen molar-refractivity contribution in [3.8, 4) is 0 Å². The molecule has 0 saturated carbocycles. The number of aryl methyl sites for hydroxylation is 2. The fourth-order valence-corrected chi connectivity index (χ4v) is 10.3. The highest BCUT2D eigenvalue weighted by Crippen LogP contribution is 2.41. The third kappa shape index (κ3) is 11.7. The SMILES string of the molecule is CC=O.CCN1CC2(CCN(C(=O)N(Cc3ccc(C(=O)OC)cc3F)c3ccc4cnn(C)c4c3)CC2)C1.COC(=O)c1ccc(CN(C(=O)N2CCC3(CC2)CNC3)c2ccc3cnn(C)c3c2)c(F)c1.Cl. The van der Waals surface area contributed by atoms with Crippen molar-refractivity contribution in [2.75, 3.05) is 82.9 Å². The van der Waals surface area contributed by atoms with Crippen molar-refractivity contribution in [2.45, 2.75) is 52.6 Å². The van der Waals surface area contributed by atoms with Crippen LogP contribution in [0.1, 0.15) is 71.4 Å². The Morgan fingerprint density at radius 1 is 0.662 bits per heavy atom. The van der Waals surface area contributed by atoms with Gasteiger partial charge < -0.3 is 34.3 Å². The minimum Gasteiger partial charge on any atom is -0.465 e. The monoisotopic (exact) mass is 1040 g/mol. The lowest BCUT2D eigenvalue weighted by molar-refractivity contribution is -0.106. The number of ether oxygens (including phenoxy) is 2. The smallest absolute Gasteiger partial charge is 0.337 e. The number of methoxy groups -OCH3 is 2. The molecule has 4 aromatic carbocycles. The summed E-state index contributed by atoms with van der Waals surface area (Å²) in [6, 6.07) is 19.5. The maximum absolute atomic E-state index is 15.0. The van der Waals surface area contributed by atoms with Crippen molar-refractivity contribution in [1.29, 1.82) is 0 Å². The van der Waals surface area contributed by atoms with Gasteiger partial charge in [-0.3, -0.25) is 19.2 Å². The fourth-order valence-electron chi connectivity index (χ4n) is 10.3. The van der Waals surface area contributed by atoms with Gasteiger partial charge in [-0.1, -0.05) is 19.1 Å². The predicted octanol–water partition coefficient (Wildman–Crippen LogP) is 7.98. The van der Waals surface area contributed by atoms with Gasteiger partial charge in [0.1, 0.15) is 17.9 Å². The lowest BCUT2D eigenvalue weighted by Gasteiger charge is -2.54. The molecule has 4 aliphatic heterocycles. The average molecular weight is 1040 g/mol. The van der Waals surface area contributed by atoms with Gasteiger partial charge in [0.05, 0.1) is 61.9 Å². The molecule has 10 rings (SSSR count). The first-order valence-electron chi connectivity index (χ1n) is 24.7. The Morgan fingerprint density at radius 2 is 1.07 bits per heavy atom. The third-order valence-corrected chi connectivity index (χ3v) is 14.9. The number of halogens is 3. The van der Waals surface area contributed by atoms with E-state index in [4.69, 9.17) is 9.53 Å². The molecular weight excluding hydrogens is 974 g/mol. The summed E-state index contributed by atoms with van der Waals surface area (Å²) in [5.74, 6) is -2.31. The van der Waals surface area contributed by atoms with Crippen molar-refractivity contribution >= 4 is 75.9 Å². The van der Waals surface area contributed by atoms with E-state index < -0.39 is 23.6 Å². The van der Waals surface area contributed by atoms with Crippen LogP contribution in [0, 0.1) is 22.5 Å². The van der Waals surface area contributed by atoms with E-state index >= 15 is 4.39 Å². The molecule has 394 valence electrons. The molecule has 17 nitrogen and oxygen atoms in total.